The van der Waals surface area contributed by atoms with Crippen LogP contribution in [0, 0.1) is 10.1 Å². The van der Waals surface area contributed by atoms with Crippen LogP contribution in [0.4, 0.5) is 22.1 Å². The minimum atomic E-state index is -3.06. The number of fused-ring (bicyclic) bond motifs is 3. The first-order valence-corrected chi connectivity index (χ1v) is 17.4. The van der Waals surface area contributed by atoms with Crippen LogP contribution in [0.5, 0.6) is 11.8 Å². The number of benzene rings is 3. The lowest BCUT2D eigenvalue weighted by Crippen LogP contribution is -2.33. The predicted molar refractivity (Wildman–Crippen MR) is 188 cm³/mol. The Balaban J connectivity index is 1.71. The van der Waals surface area contributed by atoms with Crippen molar-refractivity contribution in [1.82, 2.24) is 15.0 Å². The maximum Gasteiger partial charge on any atom is 0.416 e. The Bertz CT molecular complexity index is 1910. The third-order valence-corrected chi connectivity index (χ3v) is 11.2. The van der Waals surface area contributed by atoms with Crippen LogP contribution in [0.1, 0.15) is 19.0 Å². The van der Waals surface area contributed by atoms with Gasteiger partial charge in [0.05, 0.1) is 31.7 Å². The third-order valence-electron chi connectivity index (χ3n) is 7.56. The Morgan fingerprint density at radius 3 is 2.12 bits per heavy atom. The van der Waals surface area contributed by atoms with E-state index in [-0.39, 0.29) is 37.4 Å². The van der Waals surface area contributed by atoms with E-state index in [1.54, 1.807) is 31.3 Å². The fourth-order valence-corrected chi connectivity index (χ4v) is 8.86. The van der Waals surface area contributed by atoms with Crippen molar-refractivity contribution in [3.05, 3.63) is 137 Å². The van der Waals surface area contributed by atoms with E-state index >= 15 is 0 Å². The molecular formula is C36H33N6O6P. The first-order chi connectivity index (χ1) is 24.0. The number of nitrogens with zero attached hydrogens (tertiary/aromatic N) is 6. The number of rotatable bonds is 6. The summed E-state index contributed by atoms with van der Waals surface area (Å²) in [6, 6.07) is 32.1. The Hall–Kier alpha value is -5.87. The molecule has 0 fully saturated rings. The molecule has 1 aliphatic heterocycles. The molecule has 0 unspecified atom stereocenters. The molecule has 0 saturated carbocycles. The minimum Gasteiger partial charge on any atom is -0.491 e. The minimum absolute atomic E-state index is 0.00976. The van der Waals surface area contributed by atoms with Gasteiger partial charge in [0.2, 0.25) is 11.6 Å². The van der Waals surface area contributed by atoms with Gasteiger partial charge in [0.25, 0.3) is 0 Å². The van der Waals surface area contributed by atoms with Crippen LogP contribution >= 0.6 is 7.05 Å². The van der Waals surface area contributed by atoms with Gasteiger partial charge in [-0.1, -0.05) is 103 Å². The molecule has 13 heteroatoms. The second-order valence-electron chi connectivity index (χ2n) is 10.7. The first-order valence-electron chi connectivity index (χ1n) is 15.7. The summed E-state index contributed by atoms with van der Waals surface area (Å²) in [6.07, 6.45) is 4.92. The van der Waals surface area contributed by atoms with Gasteiger partial charge in [0.15, 0.2) is 0 Å². The quantitative estimate of drug-likeness (QED) is 0.0856. The number of pyridine rings is 1. The lowest BCUT2D eigenvalue weighted by atomic mass is 10.3. The number of nitro groups is 1. The summed E-state index contributed by atoms with van der Waals surface area (Å²) in [5, 5.41) is 15.7. The van der Waals surface area contributed by atoms with Crippen LogP contribution in [0.15, 0.2) is 126 Å². The lowest BCUT2D eigenvalue weighted by molar-refractivity contribution is -0.383. The van der Waals surface area contributed by atoms with E-state index in [9.17, 15) is 14.9 Å². The summed E-state index contributed by atoms with van der Waals surface area (Å²) in [6.45, 7) is 1.80. The smallest absolute Gasteiger partial charge is 0.416 e. The highest BCUT2D eigenvalue weighted by Gasteiger charge is 2.37. The molecule has 0 atom stereocenters. The van der Waals surface area contributed by atoms with Crippen molar-refractivity contribution in [2.24, 2.45) is 4.74 Å². The van der Waals surface area contributed by atoms with Gasteiger partial charge in [-0.15, -0.1) is 0 Å². The van der Waals surface area contributed by atoms with Gasteiger partial charge < -0.3 is 14.2 Å². The van der Waals surface area contributed by atoms with E-state index < -0.39 is 23.8 Å². The number of carbonyl (C=O) groups excluding carboxylic acids is 1. The monoisotopic (exact) mass is 676 g/mol. The molecule has 2 bridgehead atoms. The fraction of sp³-hybridized carbons (Fsp3) is 0.167. The summed E-state index contributed by atoms with van der Waals surface area (Å²) < 4.78 is 22.6. The molecule has 2 aromatic heterocycles. The van der Waals surface area contributed by atoms with Crippen molar-refractivity contribution in [3.63, 3.8) is 0 Å². The molecule has 0 saturated heterocycles. The van der Waals surface area contributed by atoms with E-state index in [4.69, 9.17) is 19.0 Å². The number of ether oxygens (including phenoxy) is 3. The van der Waals surface area contributed by atoms with Crippen molar-refractivity contribution in [3.8, 4) is 11.8 Å². The molecule has 5 aromatic rings. The summed E-state index contributed by atoms with van der Waals surface area (Å²) in [7, 11) is -3.06. The summed E-state index contributed by atoms with van der Waals surface area (Å²) in [5.41, 5.74) is -0.237. The van der Waals surface area contributed by atoms with Crippen molar-refractivity contribution >= 4 is 46.4 Å². The topological polar surface area (TPSA) is 142 Å². The molecule has 0 spiro atoms. The normalized spacial score (nSPS) is 13.9. The van der Waals surface area contributed by atoms with Crippen molar-refractivity contribution < 1.29 is 23.9 Å². The van der Waals surface area contributed by atoms with E-state index in [2.05, 4.69) is 15.0 Å². The first kappa shape index (κ1) is 33.0. The standard InChI is InChI=1S/C36H33N6O6P/c1-2-46-36(43)41-26-30-31(22-15-23-37-30)47-24-13-6-14-25-48-35-38-33(32(42(44)45)34(41)39-35)40-49(27-16-7-3-8-17-27,28-18-9-4-10-19-28)29-20-11-5-12-21-29/h3-12,14-23H,2,13,24-26H2,1H3/b14-6+. The van der Waals surface area contributed by atoms with Crippen molar-refractivity contribution in [2.75, 3.05) is 24.7 Å². The maximum absolute atomic E-state index is 13.7. The third kappa shape index (κ3) is 7.19. The van der Waals surface area contributed by atoms with E-state index in [1.807, 2.05) is 97.1 Å². The molecule has 49 heavy (non-hydrogen) atoms. The highest BCUT2D eigenvalue weighted by Crippen LogP contribution is 2.51. The van der Waals surface area contributed by atoms with Crippen LogP contribution in [0.3, 0.4) is 0 Å². The molecular weight excluding hydrogens is 643 g/mol. The van der Waals surface area contributed by atoms with E-state index in [0.717, 1.165) is 20.8 Å². The van der Waals surface area contributed by atoms with Crippen LogP contribution in [-0.4, -0.2) is 45.8 Å². The Morgan fingerprint density at radius 2 is 1.53 bits per heavy atom. The Kier molecular flexibility index (Phi) is 10.4. The van der Waals surface area contributed by atoms with Gasteiger partial charge in [-0.2, -0.15) is 9.97 Å². The van der Waals surface area contributed by atoms with Gasteiger partial charge in [0.1, 0.15) is 18.1 Å². The van der Waals surface area contributed by atoms with Crippen molar-refractivity contribution in [2.45, 2.75) is 19.9 Å². The predicted octanol–water partition coefficient (Wildman–Crippen LogP) is 6.47. The zero-order valence-corrected chi connectivity index (χ0v) is 27.6. The van der Waals surface area contributed by atoms with Crippen LogP contribution in [-0.2, 0) is 11.3 Å². The lowest BCUT2D eigenvalue weighted by Gasteiger charge is -2.27. The van der Waals surface area contributed by atoms with Gasteiger partial charge in [-0.25, -0.2) is 14.4 Å². The molecule has 1 aliphatic rings. The molecule has 3 aromatic carbocycles. The molecule has 1 amide bonds. The SMILES string of the molecule is CCOC(=O)N1Cc2ncccc2OCC/C=C/COc2nc(N=P(c3ccccc3)(c3ccccc3)c3ccccc3)c([N+](=O)[O-])c1n2. The van der Waals surface area contributed by atoms with E-state index in [0.29, 0.717) is 24.5 Å². The summed E-state index contributed by atoms with van der Waals surface area (Å²) in [4.78, 5) is 40.7. The molecule has 0 radical (unpaired) electrons. The van der Waals surface area contributed by atoms with Gasteiger partial charge in [0, 0.05) is 22.1 Å². The highest BCUT2D eigenvalue weighted by atomic mass is 31.2. The number of carbonyl (C=O) groups is 1. The number of amides is 1. The second kappa shape index (κ2) is 15.4. The summed E-state index contributed by atoms with van der Waals surface area (Å²) >= 11 is 0. The number of hydrogen-bond donors (Lipinski definition) is 0. The van der Waals surface area contributed by atoms with Crippen LogP contribution in [0.25, 0.3) is 0 Å². The van der Waals surface area contributed by atoms with Crippen LogP contribution in [0.2, 0.25) is 0 Å². The maximum atomic E-state index is 13.7. The molecule has 3 heterocycles. The van der Waals surface area contributed by atoms with Crippen molar-refractivity contribution in [1.29, 1.82) is 0 Å². The van der Waals surface area contributed by atoms with Gasteiger partial charge in [-0.05, 0) is 25.5 Å². The second-order valence-corrected chi connectivity index (χ2v) is 13.7. The Morgan fingerprint density at radius 1 is 0.898 bits per heavy atom. The molecule has 248 valence electrons. The summed E-state index contributed by atoms with van der Waals surface area (Å²) in [5.74, 6) is -0.183. The number of anilines is 1. The molecule has 0 N–H and O–H groups in total. The zero-order valence-electron chi connectivity index (χ0n) is 26.7. The highest BCUT2D eigenvalue weighted by molar-refractivity contribution is 7.87. The average molecular weight is 677 g/mol. The average Bonchev–Trinajstić information content (AvgIpc) is 3.13. The molecule has 12 nitrogen and oxygen atoms in total. The van der Waals surface area contributed by atoms with Crippen LogP contribution < -0.4 is 30.3 Å². The Labute approximate surface area is 283 Å². The fourth-order valence-electron chi connectivity index (χ4n) is 5.39. The van der Waals surface area contributed by atoms with Gasteiger partial charge in [-0.3, -0.25) is 15.1 Å². The van der Waals surface area contributed by atoms with E-state index in [1.165, 1.54) is 0 Å². The largest absolute Gasteiger partial charge is 0.491 e. The number of aromatic nitrogens is 3. The molecule has 0 aliphatic carbocycles. The zero-order chi connectivity index (χ0) is 34.1. The number of hydrogen-bond acceptors (Lipinski definition) is 10. The van der Waals surface area contributed by atoms with Gasteiger partial charge >= 0.3 is 17.8 Å². The molecule has 6 rings (SSSR count).